The average molecular weight is 270 g/mol. The number of amides is 2. The fourth-order valence-electron chi connectivity index (χ4n) is 2.40. The number of aliphatic carboxylic acids is 1. The highest BCUT2D eigenvalue weighted by atomic mass is 16.4. The number of hydrogen-bond acceptors (Lipinski definition) is 2. The van der Waals surface area contributed by atoms with Gasteiger partial charge in [-0.3, -0.25) is 4.79 Å². The topological polar surface area (TPSA) is 69.6 Å². The smallest absolute Gasteiger partial charge is 0.317 e. The second kappa shape index (κ2) is 8.02. The fraction of sp³-hybridized carbons (Fsp3) is 0.857. The molecule has 0 radical (unpaired) electrons. The lowest BCUT2D eigenvalue weighted by Crippen LogP contribution is -2.54. The van der Waals surface area contributed by atoms with Crippen LogP contribution in [0.4, 0.5) is 4.79 Å². The predicted octanol–water partition coefficient (Wildman–Crippen LogP) is 2.32. The van der Waals surface area contributed by atoms with E-state index in [4.69, 9.17) is 5.11 Å². The van der Waals surface area contributed by atoms with Gasteiger partial charge in [-0.15, -0.1) is 0 Å². The minimum atomic E-state index is -0.782. The third kappa shape index (κ3) is 5.49. The maximum Gasteiger partial charge on any atom is 0.317 e. The van der Waals surface area contributed by atoms with Crippen molar-refractivity contribution in [2.45, 2.75) is 46.0 Å². The number of carbonyl (C=O) groups is 2. The number of nitrogens with zero attached hydrogens (tertiary/aromatic N) is 1. The Balaban J connectivity index is 2.16. The molecule has 1 atom stereocenters. The molecule has 0 bridgehead atoms. The lowest BCUT2D eigenvalue weighted by molar-refractivity contribution is -0.139. The highest BCUT2D eigenvalue weighted by Gasteiger charge is 2.31. The lowest BCUT2D eigenvalue weighted by atomic mass is 9.97. The summed E-state index contributed by atoms with van der Waals surface area (Å²) in [6.07, 6.45) is 4.81. The van der Waals surface area contributed by atoms with Gasteiger partial charge >= 0.3 is 12.0 Å². The van der Waals surface area contributed by atoms with Crippen molar-refractivity contribution in [2.24, 2.45) is 11.8 Å². The number of likely N-dealkylation sites (tertiary alicyclic amines) is 1. The van der Waals surface area contributed by atoms with Crippen molar-refractivity contribution in [1.82, 2.24) is 10.2 Å². The second-order valence-corrected chi connectivity index (χ2v) is 5.47. The molecule has 1 fully saturated rings. The van der Waals surface area contributed by atoms with E-state index in [1.165, 1.54) is 12.8 Å². The molecule has 0 aliphatic carbocycles. The van der Waals surface area contributed by atoms with Gasteiger partial charge < -0.3 is 15.3 Å². The molecule has 0 aromatic heterocycles. The summed E-state index contributed by atoms with van der Waals surface area (Å²) in [5.41, 5.74) is 0. The molecule has 5 heteroatoms. The first-order valence-corrected chi connectivity index (χ1v) is 7.31. The molecule has 2 amide bonds. The van der Waals surface area contributed by atoms with E-state index in [1.807, 2.05) is 0 Å². The van der Waals surface area contributed by atoms with Gasteiger partial charge in [-0.2, -0.15) is 0 Å². The summed E-state index contributed by atoms with van der Waals surface area (Å²) in [6, 6.07) is -0.0448. The number of carboxylic acids is 1. The van der Waals surface area contributed by atoms with Crippen molar-refractivity contribution in [3.05, 3.63) is 0 Å². The Morgan fingerprint density at radius 2 is 2.05 bits per heavy atom. The highest BCUT2D eigenvalue weighted by molar-refractivity contribution is 5.75. The van der Waals surface area contributed by atoms with Gasteiger partial charge in [0.2, 0.25) is 0 Å². The predicted molar refractivity (Wildman–Crippen MR) is 74.0 cm³/mol. The largest absolute Gasteiger partial charge is 0.481 e. The SMILES string of the molecule is CCCCC(CC)CNC(=O)N1CC(CC(=O)O)C1. The van der Waals surface area contributed by atoms with Crippen LogP contribution in [0.5, 0.6) is 0 Å². The van der Waals surface area contributed by atoms with E-state index in [-0.39, 0.29) is 18.4 Å². The van der Waals surface area contributed by atoms with E-state index in [0.29, 0.717) is 19.0 Å². The number of carbonyl (C=O) groups excluding carboxylic acids is 1. The van der Waals surface area contributed by atoms with Crippen LogP contribution >= 0.6 is 0 Å². The third-order valence-electron chi connectivity index (χ3n) is 3.79. The van der Waals surface area contributed by atoms with E-state index < -0.39 is 5.97 Å². The molecule has 19 heavy (non-hydrogen) atoms. The Morgan fingerprint density at radius 3 is 2.58 bits per heavy atom. The van der Waals surface area contributed by atoms with Crippen molar-refractivity contribution in [3.63, 3.8) is 0 Å². The van der Waals surface area contributed by atoms with Gasteiger partial charge in [0, 0.05) is 25.6 Å². The summed E-state index contributed by atoms with van der Waals surface area (Å²) in [5.74, 6) is -0.0963. The van der Waals surface area contributed by atoms with Crippen LogP contribution < -0.4 is 5.32 Å². The van der Waals surface area contributed by atoms with Gasteiger partial charge in [0.15, 0.2) is 0 Å². The monoisotopic (exact) mass is 270 g/mol. The normalized spacial score (nSPS) is 16.8. The zero-order chi connectivity index (χ0) is 14.3. The zero-order valence-electron chi connectivity index (χ0n) is 12.0. The Kier molecular flexibility index (Phi) is 6.67. The minimum absolute atomic E-state index is 0.0448. The van der Waals surface area contributed by atoms with Gasteiger partial charge in [0.1, 0.15) is 0 Å². The first-order valence-electron chi connectivity index (χ1n) is 7.31. The van der Waals surface area contributed by atoms with E-state index in [1.54, 1.807) is 4.90 Å². The van der Waals surface area contributed by atoms with Gasteiger partial charge in [0.05, 0.1) is 6.42 Å². The summed E-state index contributed by atoms with van der Waals surface area (Å²) in [5, 5.41) is 11.6. The molecule has 0 saturated carbocycles. The van der Waals surface area contributed by atoms with E-state index in [2.05, 4.69) is 19.2 Å². The molecule has 5 nitrogen and oxygen atoms in total. The van der Waals surface area contributed by atoms with Gasteiger partial charge in [-0.25, -0.2) is 4.79 Å². The van der Waals surface area contributed by atoms with Crippen molar-refractivity contribution in [3.8, 4) is 0 Å². The van der Waals surface area contributed by atoms with Crippen LogP contribution in [0.1, 0.15) is 46.0 Å². The maximum atomic E-state index is 11.8. The molecule has 1 saturated heterocycles. The molecule has 1 unspecified atom stereocenters. The molecule has 0 aromatic rings. The average Bonchev–Trinajstić information content (AvgIpc) is 2.33. The lowest BCUT2D eigenvalue weighted by Gasteiger charge is -2.38. The summed E-state index contributed by atoms with van der Waals surface area (Å²) < 4.78 is 0. The van der Waals surface area contributed by atoms with Crippen LogP contribution in [0.25, 0.3) is 0 Å². The molecule has 2 N–H and O–H groups in total. The minimum Gasteiger partial charge on any atom is -0.481 e. The Bertz CT molecular complexity index is 301. The molecular weight excluding hydrogens is 244 g/mol. The Labute approximate surface area is 115 Å². The van der Waals surface area contributed by atoms with Crippen molar-refractivity contribution < 1.29 is 14.7 Å². The zero-order valence-corrected chi connectivity index (χ0v) is 12.0. The van der Waals surface area contributed by atoms with Crippen LogP contribution in [-0.4, -0.2) is 41.6 Å². The molecule has 0 aromatic carbocycles. The van der Waals surface area contributed by atoms with Gasteiger partial charge in [-0.05, 0) is 12.3 Å². The standard InChI is InChI=1S/C14H26N2O3/c1-3-5-6-11(4-2)8-15-14(19)16-9-12(10-16)7-13(17)18/h11-12H,3-10H2,1-2H3,(H,15,19)(H,17,18). The summed E-state index contributed by atoms with van der Waals surface area (Å²) in [6.45, 7) is 6.20. The Hall–Kier alpha value is -1.26. The number of urea groups is 1. The number of carboxylic acid groups (broad SMARTS) is 1. The molecule has 1 rings (SSSR count). The molecule has 1 aliphatic heterocycles. The number of hydrogen-bond donors (Lipinski definition) is 2. The van der Waals surface area contributed by atoms with Gasteiger partial charge in [-0.1, -0.05) is 33.1 Å². The molecular formula is C14H26N2O3. The summed E-state index contributed by atoms with van der Waals surface area (Å²) in [7, 11) is 0. The summed E-state index contributed by atoms with van der Waals surface area (Å²) >= 11 is 0. The number of unbranched alkanes of at least 4 members (excludes halogenated alkanes) is 1. The number of nitrogens with one attached hydrogen (secondary N) is 1. The van der Waals surface area contributed by atoms with Gasteiger partial charge in [0.25, 0.3) is 0 Å². The highest BCUT2D eigenvalue weighted by Crippen LogP contribution is 2.19. The van der Waals surface area contributed by atoms with E-state index in [0.717, 1.165) is 19.4 Å². The van der Waals surface area contributed by atoms with E-state index >= 15 is 0 Å². The fourth-order valence-corrected chi connectivity index (χ4v) is 2.40. The first kappa shape index (κ1) is 15.8. The van der Waals surface area contributed by atoms with Crippen molar-refractivity contribution in [1.29, 1.82) is 0 Å². The van der Waals surface area contributed by atoms with Crippen LogP contribution in [0.2, 0.25) is 0 Å². The van der Waals surface area contributed by atoms with Crippen molar-refractivity contribution in [2.75, 3.05) is 19.6 Å². The van der Waals surface area contributed by atoms with Crippen LogP contribution in [0, 0.1) is 11.8 Å². The molecule has 110 valence electrons. The first-order chi connectivity index (χ1) is 9.06. The third-order valence-corrected chi connectivity index (χ3v) is 3.79. The maximum absolute atomic E-state index is 11.8. The van der Waals surface area contributed by atoms with E-state index in [9.17, 15) is 9.59 Å². The molecule has 1 aliphatic rings. The van der Waals surface area contributed by atoms with Crippen LogP contribution in [0.15, 0.2) is 0 Å². The van der Waals surface area contributed by atoms with Crippen LogP contribution in [-0.2, 0) is 4.79 Å². The molecule has 1 heterocycles. The van der Waals surface area contributed by atoms with Crippen molar-refractivity contribution >= 4 is 12.0 Å². The number of rotatable bonds is 8. The summed E-state index contributed by atoms with van der Waals surface area (Å²) in [4.78, 5) is 24.0. The second-order valence-electron chi connectivity index (χ2n) is 5.47. The molecule has 0 spiro atoms. The quantitative estimate of drug-likeness (QED) is 0.711. The Morgan fingerprint density at radius 1 is 1.37 bits per heavy atom. The van der Waals surface area contributed by atoms with Crippen LogP contribution in [0.3, 0.4) is 0 Å².